The van der Waals surface area contributed by atoms with E-state index in [0.29, 0.717) is 17.1 Å². The van der Waals surface area contributed by atoms with Crippen molar-refractivity contribution in [1.82, 2.24) is 9.59 Å². The second kappa shape index (κ2) is 4.89. The minimum absolute atomic E-state index is 0.218. The molecule has 2 N–H and O–H groups in total. The molecule has 7 nitrogen and oxygen atoms in total. The van der Waals surface area contributed by atoms with Crippen LogP contribution in [0.5, 0.6) is 5.75 Å². The van der Waals surface area contributed by atoms with E-state index < -0.39 is 6.10 Å². The van der Waals surface area contributed by atoms with Crippen LogP contribution in [0.25, 0.3) is 0 Å². The number of anilines is 2. The predicted molar refractivity (Wildman–Crippen MR) is 73.0 cm³/mol. The highest BCUT2D eigenvalue weighted by molar-refractivity contribution is 7.03. The number of aromatic nitrogens is 2. The Labute approximate surface area is 118 Å². The lowest BCUT2D eigenvalue weighted by molar-refractivity contribution is -0.122. The predicted octanol–water partition coefficient (Wildman–Crippen LogP) is 1.51. The fourth-order valence-electron chi connectivity index (χ4n) is 1.75. The Kier molecular flexibility index (Phi) is 3.07. The lowest BCUT2D eigenvalue weighted by Gasteiger charge is -2.23. The van der Waals surface area contributed by atoms with Gasteiger partial charge in [-0.1, -0.05) is 4.49 Å². The average molecular weight is 290 g/mol. The highest BCUT2D eigenvalue weighted by Gasteiger charge is 2.23. The van der Waals surface area contributed by atoms with E-state index in [1.807, 2.05) is 0 Å². The van der Waals surface area contributed by atoms with Gasteiger partial charge in [0, 0.05) is 11.1 Å². The van der Waals surface area contributed by atoms with E-state index >= 15 is 0 Å². The van der Waals surface area contributed by atoms with Crippen LogP contribution in [0.15, 0.2) is 23.6 Å². The number of benzene rings is 1. The Morgan fingerprint density at radius 1 is 1.50 bits per heavy atom. The normalized spacial score (nSPS) is 16.9. The summed E-state index contributed by atoms with van der Waals surface area (Å²) in [6.45, 7) is 1.67. The molecule has 0 saturated carbocycles. The molecule has 0 bridgehead atoms. The average Bonchev–Trinajstić information content (AvgIpc) is 2.94. The first-order valence-corrected chi connectivity index (χ1v) is 6.67. The molecule has 0 fully saturated rings. The van der Waals surface area contributed by atoms with E-state index in [1.165, 1.54) is 0 Å². The number of amides is 2. The maximum Gasteiger partial charge on any atom is 0.277 e. The number of rotatable bonds is 2. The van der Waals surface area contributed by atoms with Crippen LogP contribution < -0.4 is 15.4 Å². The summed E-state index contributed by atoms with van der Waals surface area (Å²) in [5.41, 5.74) is 1.32. The van der Waals surface area contributed by atoms with Crippen molar-refractivity contribution in [2.24, 2.45) is 0 Å². The van der Waals surface area contributed by atoms with Gasteiger partial charge in [-0.3, -0.25) is 9.59 Å². The van der Waals surface area contributed by atoms with Gasteiger partial charge < -0.3 is 15.4 Å². The van der Waals surface area contributed by atoms with Gasteiger partial charge in [-0.05, 0) is 36.7 Å². The standard InChI is InChI=1S/C12H10N4O3S/c1-6-11(17)14-8-4-7(2-3-10(8)19-6)13-12(18)9-5-20-16-15-9/h2-6H,1H3,(H,13,18)(H,14,17). The van der Waals surface area contributed by atoms with Gasteiger partial charge in [0.15, 0.2) is 11.8 Å². The first-order valence-electron chi connectivity index (χ1n) is 5.83. The molecule has 2 aromatic rings. The van der Waals surface area contributed by atoms with Crippen LogP contribution >= 0.6 is 11.5 Å². The molecule has 0 aliphatic carbocycles. The minimum Gasteiger partial charge on any atom is -0.479 e. The van der Waals surface area contributed by atoms with Gasteiger partial charge in [0.05, 0.1) is 5.69 Å². The summed E-state index contributed by atoms with van der Waals surface area (Å²) in [6.07, 6.45) is -0.524. The zero-order chi connectivity index (χ0) is 14.1. The van der Waals surface area contributed by atoms with Crippen LogP contribution in [0, 0.1) is 0 Å². The van der Waals surface area contributed by atoms with E-state index in [4.69, 9.17) is 4.74 Å². The number of nitrogens with zero attached hydrogens (tertiary/aromatic N) is 2. The molecule has 0 spiro atoms. The first kappa shape index (κ1) is 12.5. The van der Waals surface area contributed by atoms with Crippen molar-refractivity contribution < 1.29 is 14.3 Å². The Hall–Kier alpha value is -2.48. The molecule has 1 aromatic heterocycles. The maximum atomic E-state index is 11.8. The van der Waals surface area contributed by atoms with Crippen LogP contribution in [0.4, 0.5) is 11.4 Å². The molecule has 2 amide bonds. The van der Waals surface area contributed by atoms with Crippen molar-refractivity contribution in [3.8, 4) is 5.75 Å². The molecule has 20 heavy (non-hydrogen) atoms. The van der Waals surface area contributed by atoms with Crippen LogP contribution in [0.3, 0.4) is 0 Å². The van der Waals surface area contributed by atoms with Crippen molar-refractivity contribution in [2.75, 3.05) is 10.6 Å². The van der Waals surface area contributed by atoms with Crippen LogP contribution in [-0.2, 0) is 4.79 Å². The third kappa shape index (κ3) is 2.32. The fourth-order valence-corrected chi connectivity index (χ4v) is 2.18. The number of carbonyl (C=O) groups excluding carboxylic acids is 2. The topological polar surface area (TPSA) is 93.2 Å². The van der Waals surface area contributed by atoms with Gasteiger partial charge in [0.1, 0.15) is 5.75 Å². The van der Waals surface area contributed by atoms with E-state index in [-0.39, 0.29) is 17.5 Å². The molecule has 1 aliphatic rings. The number of carbonyl (C=O) groups is 2. The second-order valence-corrected chi connectivity index (χ2v) is 4.81. The molecule has 1 aliphatic heterocycles. The first-order chi connectivity index (χ1) is 9.63. The summed E-state index contributed by atoms with van der Waals surface area (Å²) in [6, 6.07) is 5.03. The summed E-state index contributed by atoms with van der Waals surface area (Å²) in [5, 5.41) is 10.6. The molecule has 1 atom stereocenters. The number of hydrogen-bond acceptors (Lipinski definition) is 6. The lowest BCUT2D eigenvalue weighted by atomic mass is 10.2. The molecule has 1 unspecified atom stereocenters. The van der Waals surface area contributed by atoms with Gasteiger partial charge in [-0.25, -0.2) is 0 Å². The molecule has 0 saturated heterocycles. The van der Waals surface area contributed by atoms with E-state index in [2.05, 4.69) is 20.2 Å². The highest BCUT2D eigenvalue weighted by atomic mass is 32.1. The van der Waals surface area contributed by atoms with Crippen LogP contribution in [0.2, 0.25) is 0 Å². The smallest absolute Gasteiger partial charge is 0.277 e. The summed E-state index contributed by atoms with van der Waals surface area (Å²) < 4.78 is 9.06. The summed E-state index contributed by atoms with van der Waals surface area (Å²) in [7, 11) is 0. The molecular weight excluding hydrogens is 280 g/mol. The van der Waals surface area contributed by atoms with Gasteiger partial charge in [-0.2, -0.15) is 0 Å². The number of ether oxygens (including phenoxy) is 1. The number of nitrogens with one attached hydrogen (secondary N) is 2. The zero-order valence-corrected chi connectivity index (χ0v) is 11.2. The van der Waals surface area contributed by atoms with Gasteiger partial charge in [-0.15, -0.1) is 5.10 Å². The van der Waals surface area contributed by atoms with Crippen molar-refractivity contribution in [2.45, 2.75) is 13.0 Å². The Bertz CT molecular complexity index is 671. The van der Waals surface area contributed by atoms with Crippen molar-refractivity contribution in [1.29, 1.82) is 0 Å². The van der Waals surface area contributed by atoms with Gasteiger partial charge in [0.25, 0.3) is 11.8 Å². The van der Waals surface area contributed by atoms with Crippen LogP contribution in [0.1, 0.15) is 17.4 Å². The Morgan fingerprint density at radius 2 is 2.35 bits per heavy atom. The van der Waals surface area contributed by atoms with Gasteiger partial charge in [0.2, 0.25) is 0 Å². The summed E-state index contributed by atoms with van der Waals surface area (Å²) in [4.78, 5) is 23.4. The summed E-state index contributed by atoms with van der Waals surface area (Å²) >= 11 is 1.10. The Balaban J connectivity index is 1.81. The van der Waals surface area contributed by atoms with Crippen molar-refractivity contribution >= 4 is 34.7 Å². The van der Waals surface area contributed by atoms with E-state index in [9.17, 15) is 9.59 Å². The van der Waals surface area contributed by atoms with E-state index in [0.717, 1.165) is 11.5 Å². The fraction of sp³-hybridized carbons (Fsp3) is 0.167. The lowest BCUT2D eigenvalue weighted by Crippen LogP contribution is -2.34. The molecule has 102 valence electrons. The number of hydrogen-bond donors (Lipinski definition) is 2. The molecule has 8 heteroatoms. The quantitative estimate of drug-likeness (QED) is 0.874. The van der Waals surface area contributed by atoms with Crippen molar-refractivity contribution in [3.63, 3.8) is 0 Å². The van der Waals surface area contributed by atoms with Gasteiger partial charge >= 0.3 is 0 Å². The third-order valence-electron chi connectivity index (χ3n) is 2.76. The molecule has 2 heterocycles. The molecule has 0 radical (unpaired) electrons. The maximum absolute atomic E-state index is 11.8. The largest absolute Gasteiger partial charge is 0.479 e. The monoisotopic (exact) mass is 290 g/mol. The molecular formula is C12H10N4O3S. The Morgan fingerprint density at radius 3 is 3.10 bits per heavy atom. The molecule has 3 rings (SSSR count). The third-order valence-corrected chi connectivity index (χ3v) is 3.27. The SMILES string of the molecule is CC1Oc2ccc(NC(=O)c3csnn3)cc2NC1=O. The van der Waals surface area contributed by atoms with E-state index in [1.54, 1.807) is 30.5 Å². The minimum atomic E-state index is -0.524. The number of fused-ring (bicyclic) bond motifs is 1. The zero-order valence-electron chi connectivity index (χ0n) is 10.4. The summed E-state index contributed by atoms with van der Waals surface area (Å²) in [5.74, 6) is 0.00484. The van der Waals surface area contributed by atoms with Crippen LogP contribution in [-0.4, -0.2) is 27.5 Å². The second-order valence-electron chi connectivity index (χ2n) is 4.20. The van der Waals surface area contributed by atoms with Crippen molar-refractivity contribution in [3.05, 3.63) is 29.3 Å². The molecule has 1 aromatic carbocycles. The highest BCUT2D eigenvalue weighted by Crippen LogP contribution is 2.32.